The van der Waals surface area contributed by atoms with Crippen molar-refractivity contribution in [2.24, 2.45) is 0 Å². The van der Waals surface area contributed by atoms with Crippen molar-refractivity contribution in [2.75, 3.05) is 50.0 Å². The molecule has 1 aromatic carbocycles. The third kappa shape index (κ3) is 4.16. The first-order valence-electron chi connectivity index (χ1n) is 7.95. The summed E-state index contributed by atoms with van der Waals surface area (Å²) >= 11 is 0. The van der Waals surface area contributed by atoms with E-state index in [2.05, 4.69) is 32.1 Å². The maximum Gasteiger partial charge on any atom is 0.134 e. The smallest absolute Gasteiger partial charge is 0.134 e. The van der Waals surface area contributed by atoms with Crippen molar-refractivity contribution >= 4 is 11.6 Å². The zero-order valence-electron chi connectivity index (χ0n) is 13.4. The standard InChI is InChI=1S/C17H22FN5/c1-22-8-10-23(11-9-22)17-12-16(20-13-21-17)19-7-6-14-4-2-3-5-15(14)18/h2-5,12-13H,6-11H2,1H3,(H,19,20,21). The van der Waals surface area contributed by atoms with Crippen LogP contribution in [0, 0.1) is 5.82 Å². The summed E-state index contributed by atoms with van der Waals surface area (Å²) < 4.78 is 13.6. The minimum absolute atomic E-state index is 0.157. The van der Waals surface area contributed by atoms with Crippen LogP contribution in [0.4, 0.5) is 16.0 Å². The Morgan fingerprint density at radius 1 is 1.13 bits per heavy atom. The van der Waals surface area contributed by atoms with Crippen molar-refractivity contribution in [1.29, 1.82) is 0 Å². The molecular weight excluding hydrogens is 293 g/mol. The third-order valence-electron chi connectivity index (χ3n) is 4.14. The second-order valence-electron chi connectivity index (χ2n) is 5.82. The fourth-order valence-electron chi connectivity index (χ4n) is 2.68. The summed E-state index contributed by atoms with van der Waals surface area (Å²) in [5, 5.41) is 3.25. The normalized spacial score (nSPS) is 15.7. The predicted octanol–water partition coefficient (Wildman–Crippen LogP) is 2.02. The summed E-state index contributed by atoms with van der Waals surface area (Å²) in [5.74, 6) is 1.57. The van der Waals surface area contributed by atoms with E-state index >= 15 is 0 Å². The van der Waals surface area contributed by atoms with Gasteiger partial charge in [0, 0.05) is 38.8 Å². The predicted molar refractivity (Wildman–Crippen MR) is 90.3 cm³/mol. The number of anilines is 2. The van der Waals surface area contributed by atoms with Crippen LogP contribution in [0.15, 0.2) is 36.7 Å². The first kappa shape index (κ1) is 15.7. The lowest BCUT2D eigenvalue weighted by Gasteiger charge is -2.33. The summed E-state index contributed by atoms with van der Waals surface area (Å²) in [4.78, 5) is 13.2. The number of aromatic nitrogens is 2. The van der Waals surface area contributed by atoms with Gasteiger partial charge in [-0.25, -0.2) is 14.4 Å². The summed E-state index contributed by atoms with van der Waals surface area (Å²) in [6.07, 6.45) is 2.21. The van der Waals surface area contributed by atoms with Crippen molar-refractivity contribution < 1.29 is 4.39 Å². The Morgan fingerprint density at radius 2 is 1.91 bits per heavy atom. The van der Waals surface area contributed by atoms with Gasteiger partial charge in [-0.3, -0.25) is 0 Å². The van der Waals surface area contributed by atoms with Gasteiger partial charge >= 0.3 is 0 Å². The van der Waals surface area contributed by atoms with Crippen LogP contribution in [-0.2, 0) is 6.42 Å². The molecule has 2 aromatic rings. The van der Waals surface area contributed by atoms with Crippen LogP contribution in [0.2, 0.25) is 0 Å². The van der Waals surface area contributed by atoms with E-state index in [-0.39, 0.29) is 5.82 Å². The molecular formula is C17H22FN5. The maximum atomic E-state index is 13.6. The lowest BCUT2D eigenvalue weighted by molar-refractivity contribution is 0.312. The Morgan fingerprint density at radius 3 is 2.70 bits per heavy atom. The monoisotopic (exact) mass is 315 g/mol. The van der Waals surface area contributed by atoms with Gasteiger partial charge < -0.3 is 15.1 Å². The second-order valence-corrected chi connectivity index (χ2v) is 5.82. The molecule has 122 valence electrons. The van der Waals surface area contributed by atoms with Crippen LogP contribution in [-0.4, -0.2) is 54.6 Å². The van der Waals surface area contributed by atoms with E-state index in [0.717, 1.165) is 37.8 Å². The molecule has 0 saturated carbocycles. The largest absolute Gasteiger partial charge is 0.370 e. The average molecular weight is 315 g/mol. The number of rotatable bonds is 5. The Hall–Kier alpha value is -2.21. The number of piperazine rings is 1. The van der Waals surface area contributed by atoms with Crippen LogP contribution in [0.5, 0.6) is 0 Å². The first-order valence-corrected chi connectivity index (χ1v) is 7.95. The minimum Gasteiger partial charge on any atom is -0.370 e. The number of halogens is 1. The fourth-order valence-corrected chi connectivity index (χ4v) is 2.68. The average Bonchev–Trinajstić information content (AvgIpc) is 2.58. The van der Waals surface area contributed by atoms with E-state index in [0.29, 0.717) is 18.5 Å². The van der Waals surface area contributed by atoms with Gasteiger partial charge in [-0.1, -0.05) is 18.2 Å². The van der Waals surface area contributed by atoms with E-state index in [1.54, 1.807) is 12.4 Å². The molecule has 0 radical (unpaired) electrons. The summed E-state index contributed by atoms with van der Waals surface area (Å²) in [6.45, 7) is 4.67. The highest BCUT2D eigenvalue weighted by atomic mass is 19.1. The van der Waals surface area contributed by atoms with Gasteiger partial charge in [0.15, 0.2) is 0 Å². The van der Waals surface area contributed by atoms with E-state index in [1.165, 1.54) is 6.07 Å². The molecule has 0 amide bonds. The van der Waals surface area contributed by atoms with Crippen LogP contribution >= 0.6 is 0 Å². The van der Waals surface area contributed by atoms with Gasteiger partial charge in [-0.2, -0.15) is 0 Å². The first-order chi connectivity index (χ1) is 11.2. The number of hydrogen-bond donors (Lipinski definition) is 1. The molecule has 6 heteroatoms. The highest BCUT2D eigenvalue weighted by Crippen LogP contribution is 2.16. The zero-order valence-corrected chi connectivity index (χ0v) is 13.4. The van der Waals surface area contributed by atoms with E-state index in [9.17, 15) is 4.39 Å². The van der Waals surface area contributed by atoms with Crippen LogP contribution < -0.4 is 10.2 Å². The van der Waals surface area contributed by atoms with Gasteiger partial charge in [0.2, 0.25) is 0 Å². The zero-order chi connectivity index (χ0) is 16.1. The van der Waals surface area contributed by atoms with E-state index in [4.69, 9.17) is 0 Å². The van der Waals surface area contributed by atoms with Gasteiger partial charge in [-0.05, 0) is 25.1 Å². The van der Waals surface area contributed by atoms with Crippen molar-refractivity contribution in [3.05, 3.63) is 48.0 Å². The van der Waals surface area contributed by atoms with Gasteiger partial charge in [0.1, 0.15) is 23.8 Å². The van der Waals surface area contributed by atoms with Gasteiger partial charge in [0.05, 0.1) is 0 Å². The van der Waals surface area contributed by atoms with Crippen molar-refractivity contribution in [3.63, 3.8) is 0 Å². The molecule has 1 N–H and O–H groups in total. The Balaban J connectivity index is 1.56. The Kier molecular flexibility index (Phi) is 5.02. The van der Waals surface area contributed by atoms with Gasteiger partial charge in [-0.15, -0.1) is 0 Å². The van der Waals surface area contributed by atoms with E-state index in [1.807, 2.05) is 18.2 Å². The minimum atomic E-state index is -0.157. The fraction of sp³-hybridized carbons (Fsp3) is 0.412. The molecule has 1 saturated heterocycles. The number of likely N-dealkylation sites (N-methyl/N-ethyl adjacent to an activating group) is 1. The summed E-state index contributed by atoms with van der Waals surface area (Å²) in [7, 11) is 2.13. The van der Waals surface area contributed by atoms with Crippen LogP contribution in [0.25, 0.3) is 0 Å². The van der Waals surface area contributed by atoms with Crippen LogP contribution in [0.3, 0.4) is 0 Å². The quantitative estimate of drug-likeness (QED) is 0.914. The highest BCUT2D eigenvalue weighted by Gasteiger charge is 2.15. The number of benzene rings is 1. The molecule has 0 bridgehead atoms. The second kappa shape index (κ2) is 7.37. The number of nitrogens with zero attached hydrogens (tertiary/aromatic N) is 4. The topological polar surface area (TPSA) is 44.3 Å². The summed E-state index contributed by atoms with van der Waals surface area (Å²) in [6, 6.07) is 8.83. The molecule has 5 nitrogen and oxygen atoms in total. The molecule has 1 aliphatic heterocycles. The van der Waals surface area contributed by atoms with Crippen molar-refractivity contribution in [2.45, 2.75) is 6.42 Å². The molecule has 23 heavy (non-hydrogen) atoms. The Labute approximate surface area is 136 Å². The van der Waals surface area contributed by atoms with Gasteiger partial charge in [0.25, 0.3) is 0 Å². The molecule has 1 aromatic heterocycles. The molecule has 1 aliphatic rings. The van der Waals surface area contributed by atoms with Crippen molar-refractivity contribution in [1.82, 2.24) is 14.9 Å². The molecule has 0 unspecified atom stereocenters. The van der Waals surface area contributed by atoms with Crippen molar-refractivity contribution in [3.8, 4) is 0 Å². The molecule has 0 atom stereocenters. The lowest BCUT2D eigenvalue weighted by atomic mass is 10.1. The molecule has 3 rings (SSSR count). The maximum absolute atomic E-state index is 13.6. The molecule has 2 heterocycles. The van der Waals surface area contributed by atoms with E-state index < -0.39 is 0 Å². The van der Waals surface area contributed by atoms with Crippen LogP contribution in [0.1, 0.15) is 5.56 Å². The SMILES string of the molecule is CN1CCN(c2cc(NCCc3ccccc3F)ncn2)CC1. The molecule has 0 aliphatic carbocycles. The molecule has 0 spiro atoms. The highest BCUT2D eigenvalue weighted by molar-refractivity contribution is 5.48. The molecule has 1 fully saturated rings. The summed E-state index contributed by atoms with van der Waals surface area (Å²) in [5.41, 5.74) is 0.716. The Bertz CT molecular complexity index is 640. The number of hydrogen-bond acceptors (Lipinski definition) is 5. The third-order valence-corrected chi connectivity index (χ3v) is 4.14. The number of nitrogens with one attached hydrogen (secondary N) is 1. The lowest BCUT2D eigenvalue weighted by Crippen LogP contribution is -2.44.